The Morgan fingerprint density at radius 2 is 2.15 bits per heavy atom. The maximum Gasteiger partial charge on any atom is 0.331 e. The van der Waals surface area contributed by atoms with E-state index >= 15 is 0 Å². The van der Waals surface area contributed by atoms with Crippen molar-refractivity contribution in [1.82, 2.24) is 19.3 Å². The first-order valence-electron chi connectivity index (χ1n) is 5.83. The summed E-state index contributed by atoms with van der Waals surface area (Å²) >= 11 is 5.99. The Morgan fingerprint density at radius 3 is 2.85 bits per heavy atom. The molecule has 0 fully saturated rings. The fourth-order valence-corrected chi connectivity index (χ4v) is 1.95. The van der Waals surface area contributed by atoms with Crippen LogP contribution in [-0.2, 0) is 0 Å². The second-order valence-electron chi connectivity index (χ2n) is 4.01. The number of hydrogen-bond donors (Lipinski definition) is 1. The average Bonchev–Trinajstić information content (AvgIpc) is 3.12. The quantitative estimate of drug-likeness (QED) is 0.788. The monoisotopic (exact) mass is 287 g/mol. The number of amides is 1. The Labute approximate surface area is 119 Å². The van der Waals surface area contributed by atoms with Crippen molar-refractivity contribution in [2.24, 2.45) is 0 Å². The molecule has 100 valence electrons. The largest absolute Gasteiger partial charge is 0.331 e. The van der Waals surface area contributed by atoms with E-state index in [1.54, 1.807) is 47.5 Å². The Hall–Kier alpha value is -2.60. The number of benzene rings is 1. The zero-order valence-electron chi connectivity index (χ0n) is 10.3. The molecule has 0 bridgehead atoms. The molecule has 1 amide bonds. The molecule has 0 unspecified atom stereocenters. The van der Waals surface area contributed by atoms with E-state index in [9.17, 15) is 4.79 Å². The molecule has 0 spiro atoms. The molecule has 0 saturated heterocycles. The SMILES string of the molecule is O=C(Nc1cc(Cl)ccc1-n1cccn1)n1ccnc1. The van der Waals surface area contributed by atoms with Gasteiger partial charge in [0.25, 0.3) is 0 Å². The number of halogens is 1. The van der Waals surface area contributed by atoms with E-state index in [4.69, 9.17) is 11.6 Å². The van der Waals surface area contributed by atoms with Crippen LogP contribution in [-0.4, -0.2) is 25.4 Å². The lowest BCUT2D eigenvalue weighted by atomic mass is 10.2. The van der Waals surface area contributed by atoms with Crippen LogP contribution in [0.1, 0.15) is 0 Å². The highest BCUT2D eigenvalue weighted by atomic mass is 35.5. The number of anilines is 1. The van der Waals surface area contributed by atoms with Gasteiger partial charge in [0.15, 0.2) is 0 Å². The van der Waals surface area contributed by atoms with Crippen molar-refractivity contribution in [3.8, 4) is 5.69 Å². The van der Waals surface area contributed by atoms with Gasteiger partial charge in [0.2, 0.25) is 0 Å². The standard InChI is InChI=1S/C13H10ClN5O/c14-10-2-3-12(19-6-1-4-16-19)11(8-10)17-13(20)18-7-5-15-9-18/h1-9H,(H,17,20). The first-order valence-corrected chi connectivity index (χ1v) is 6.21. The summed E-state index contributed by atoms with van der Waals surface area (Å²) in [7, 11) is 0. The third-order valence-electron chi connectivity index (χ3n) is 2.69. The second-order valence-corrected chi connectivity index (χ2v) is 4.45. The van der Waals surface area contributed by atoms with E-state index in [-0.39, 0.29) is 6.03 Å². The second kappa shape index (κ2) is 5.18. The van der Waals surface area contributed by atoms with Gasteiger partial charge in [0.05, 0.1) is 11.4 Å². The van der Waals surface area contributed by atoms with Crippen molar-refractivity contribution in [2.45, 2.75) is 0 Å². The van der Waals surface area contributed by atoms with E-state index in [2.05, 4.69) is 15.4 Å². The highest BCUT2D eigenvalue weighted by molar-refractivity contribution is 6.31. The molecular weight excluding hydrogens is 278 g/mol. The lowest BCUT2D eigenvalue weighted by molar-refractivity contribution is 0.253. The molecule has 0 radical (unpaired) electrons. The van der Waals surface area contributed by atoms with Gasteiger partial charge in [-0.2, -0.15) is 5.10 Å². The topological polar surface area (TPSA) is 64.7 Å². The predicted molar refractivity (Wildman–Crippen MR) is 75.2 cm³/mol. The molecule has 7 heteroatoms. The maximum absolute atomic E-state index is 12.0. The summed E-state index contributed by atoms with van der Waals surface area (Å²) in [5, 5.41) is 7.46. The van der Waals surface area contributed by atoms with Crippen molar-refractivity contribution >= 4 is 23.3 Å². The Morgan fingerprint density at radius 1 is 1.25 bits per heavy atom. The minimum atomic E-state index is -0.321. The molecule has 3 rings (SSSR count). The first-order chi connectivity index (χ1) is 9.74. The zero-order chi connectivity index (χ0) is 13.9. The maximum atomic E-state index is 12.0. The van der Waals surface area contributed by atoms with Crippen molar-refractivity contribution in [3.63, 3.8) is 0 Å². The van der Waals surface area contributed by atoms with Crippen LogP contribution in [0.4, 0.5) is 10.5 Å². The molecule has 0 aliphatic carbocycles. The number of rotatable bonds is 2. The molecule has 0 saturated carbocycles. The molecule has 20 heavy (non-hydrogen) atoms. The van der Waals surface area contributed by atoms with Gasteiger partial charge < -0.3 is 5.32 Å². The van der Waals surface area contributed by atoms with Gasteiger partial charge in [-0.1, -0.05) is 11.6 Å². The van der Waals surface area contributed by atoms with Gasteiger partial charge in [0, 0.05) is 29.8 Å². The number of nitrogens with one attached hydrogen (secondary N) is 1. The number of aromatic nitrogens is 4. The van der Waals surface area contributed by atoms with E-state index in [0.717, 1.165) is 5.69 Å². The number of carbonyl (C=O) groups is 1. The third-order valence-corrected chi connectivity index (χ3v) is 2.93. The fourth-order valence-electron chi connectivity index (χ4n) is 1.78. The van der Waals surface area contributed by atoms with Crippen molar-refractivity contribution in [2.75, 3.05) is 5.32 Å². The first kappa shape index (κ1) is 12.4. The van der Waals surface area contributed by atoms with Crippen LogP contribution >= 0.6 is 11.6 Å². The minimum Gasteiger partial charge on any atom is -0.305 e. The summed E-state index contributed by atoms with van der Waals surface area (Å²) in [6, 6.07) is 6.69. The van der Waals surface area contributed by atoms with Crippen LogP contribution in [0.25, 0.3) is 5.69 Å². The Bertz CT molecular complexity index is 721. The van der Waals surface area contributed by atoms with Gasteiger partial charge >= 0.3 is 6.03 Å². The lowest BCUT2D eigenvalue weighted by Gasteiger charge is -2.11. The molecule has 0 aliphatic rings. The van der Waals surface area contributed by atoms with Gasteiger partial charge in [-0.05, 0) is 24.3 Å². The predicted octanol–water partition coefficient (Wildman–Crippen LogP) is 2.80. The van der Waals surface area contributed by atoms with E-state index in [0.29, 0.717) is 10.7 Å². The van der Waals surface area contributed by atoms with E-state index < -0.39 is 0 Å². The summed E-state index contributed by atoms with van der Waals surface area (Å²) in [5.74, 6) is 0. The van der Waals surface area contributed by atoms with Crippen LogP contribution in [0.15, 0.2) is 55.4 Å². The average molecular weight is 288 g/mol. The zero-order valence-corrected chi connectivity index (χ0v) is 11.0. The van der Waals surface area contributed by atoms with Crippen LogP contribution in [0.2, 0.25) is 5.02 Å². The molecular formula is C13H10ClN5O. The molecule has 1 aromatic carbocycles. The number of hydrogen-bond acceptors (Lipinski definition) is 3. The van der Waals surface area contributed by atoms with Crippen LogP contribution in [0, 0.1) is 0 Å². The van der Waals surface area contributed by atoms with Gasteiger partial charge in [-0.3, -0.25) is 4.57 Å². The smallest absolute Gasteiger partial charge is 0.305 e. The molecule has 6 nitrogen and oxygen atoms in total. The Kier molecular flexibility index (Phi) is 3.22. The molecule has 2 heterocycles. The highest BCUT2D eigenvalue weighted by Crippen LogP contribution is 2.24. The molecule has 0 aliphatic heterocycles. The number of nitrogens with zero attached hydrogens (tertiary/aromatic N) is 4. The van der Waals surface area contributed by atoms with Gasteiger partial charge in [0.1, 0.15) is 6.33 Å². The molecule has 2 aromatic heterocycles. The normalized spacial score (nSPS) is 10.4. The van der Waals surface area contributed by atoms with Gasteiger partial charge in [-0.15, -0.1) is 0 Å². The summed E-state index contributed by atoms with van der Waals surface area (Å²) in [4.78, 5) is 15.9. The van der Waals surface area contributed by atoms with E-state index in [1.165, 1.54) is 17.1 Å². The summed E-state index contributed by atoms with van der Waals surface area (Å²) < 4.78 is 2.99. The number of carbonyl (C=O) groups excluding carboxylic acids is 1. The summed E-state index contributed by atoms with van der Waals surface area (Å²) in [5.41, 5.74) is 1.30. The van der Waals surface area contributed by atoms with Crippen molar-refractivity contribution in [1.29, 1.82) is 0 Å². The number of imidazole rings is 1. The Balaban J connectivity index is 1.96. The van der Waals surface area contributed by atoms with E-state index in [1.807, 2.05) is 0 Å². The van der Waals surface area contributed by atoms with Crippen LogP contribution in [0.5, 0.6) is 0 Å². The van der Waals surface area contributed by atoms with Crippen LogP contribution in [0.3, 0.4) is 0 Å². The third kappa shape index (κ3) is 2.41. The molecule has 3 aromatic rings. The fraction of sp³-hybridized carbons (Fsp3) is 0. The van der Waals surface area contributed by atoms with Gasteiger partial charge in [-0.25, -0.2) is 14.5 Å². The van der Waals surface area contributed by atoms with Crippen molar-refractivity contribution < 1.29 is 4.79 Å². The highest BCUT2D eigenvalue weighted by Gasteiger charge is 2.10. The summed E-state index contributed by atoms with van der Waals surface area (Å²) in [6.45, 7) is 0. The van der Waals surface area contributed by atoms with Crippen LogP contribution < -0.4 is 5.32 Å². The lowest BCUT2D eigenvalue weighted by Crippen LogP contribution is -2.19. The minimum absolute atomic E-state index is 0.321. The van der Waals surface area contributed by atoms with Crippen molar-refractivity contribution in [3.05, 3.63) is 60.4 Å². The molecule has 1 N–H and O–H groups in total. The molecule has 0 atom stereocenters. The summed E-state index contributed by atoms with van der Waals surface area (Å²) in [6.07, 6.45) is 7.97.